The molecule has 2 amide bonds. The molecule has 0 aliphatic rings. The van der Waals surface area contributed by atoms with E-state index in [9.17, 15) is 9.59 Å². The van der Waals surface area contributed by atoms with Gasteiger partial charge in [-0.05, 0) is 36.2 Å². The number of rotatable bonds is 4. The molecule has 2 rings (SSSR count). The van der Waals surface area contributed by atoms with Crippen molar-refractivity contribution < 1.29 is 9.59 Å². The Balaban J connectivity index is 1.97. The predicted molar refractivity (Wildman–Crippen MR) is 79.7 cm³/mol. The van der Waals surface area contributed by atoms with Gasteiger partial charge in [0.2, 0.25) is 6.29 Å². The molecule has 2 aromatic carbocycles. The fourth-order valence-corrected chi connectivity index (χ4v) is 1.79. The van der Waals surface area contributed by atoms with Crippen molar-refractivity contribution in [3.05, 3.63) is 59.7 Å². The summed E-state index contributed by atoms with van der Waals surface area (Å²) in [4.78, 5) is 22.1. The molecular weight excluding hydrogens is 252 g/mol. The zero-order valence-corrected chi connectivity index (χ0v) is 11.1. The van der Waals surface area contributed by atoms with Crippen LogP contribution in [0.1, 0.15) is 11.1 Å². The smallest absolute Gasteiger partial charge is 0.308 e. The topological polar surface area (TPSA) is 58.2 Å². The summed E-state index contributed by atoms with van der Waals surface area (Å²) >= 11 is 0. The number of benzene rings is 2. The fourth-order valence-electron chi connectivity index (χ4n) is 1.79. The maximum absolute atomic E-state index is 11.9. The number of amides is 2. The molecule has 2 N–H and O–H groups in total. The van der Waals surface area contributed by atoms with Gasteiger partial charge in [0.05, 0.1) is 0 Å². The summed E-state index contributed by atoms with van der Waals surface area (Å²) in [5.41, 5.74) is 3.31. The van der Waals surface area contributed by atoms with Gasteiger partial charge in [-0.25, -0.2) is 4.79 Å². The van der Waals surface area contributed by atoms with E-state index < -0.39 is 0 Å². The molecule has 0 aromatic heterocycles. The lowest BCUT2D eigenvalue weighted by atomic mass is 10.1. The first-order chi connectivity index (χ1) is 9.69. The molecule has 2 aromatic rings. The lowest BCUT2D eigenvalue weighted by Crippen LogP contribution is -2.19. The molecule has 0 saturated carbocycles. The second kappa shape index (κ2) is 6.52. The largest absolute Gasteiger partial charge is 0.323 e. The SMILES string of the molecule is Cc1ccccc1NC(=O)Nc1ccc(C[C]=O)cc1. The van der Waals surface area contributed by atoms with Crippen LogP contribution in [-0.2, 0) is 11.2 Å². The van der Waals surface area contributed by atoms with Gasteiger partial charge in [-0.2, -0.15) is 0 Å². The number of urea groups is 1. The first-order valence-corrected chi connectivity index (χ1v) is 6.26. The van der Waals surface area contributed by atoms with Crippen LogP contribution in [-0.4, -0.2) is 12.3 Å². The first-order valence-electron chi connectivity index (χ1n) is 6.26. The Labute approximate surface area is 117 Å². The molecule has 101 valence electrons. The number of hydrogen-bond donors (Lipinski definition) is 2. The Morgan fingerprint density at radius 3 is 2.40 bits per heavy atom. The molecule has 4 nitrogen and oxygen atoms in total. The molecule has 0 unspecified atom stereocenters. The Bertz CT molecular complexity index is 606. The molecule has 0 atom stereocenters. The van der Waals surface area contributed by atoms with Crippen LogP contribution in [0, 0.1) is 6.92 Å². The van der Waals surface area contributed by atoms with E-state index in [2.05, 4.69) is 10.6 Å². The van der Waals surface area contributed by atoms with E-state index in [1.165, 1.54) is 0 Å². The number of carbonyl (C=O) groups excluding carboxylic acids is 2. The minimum Gasteiger partial charge on any atom is -0.308 e. The van der Waals surface area contributed by atoms with Gasteiger partial charge in [0.1, 0.15) is 0 Å². The van der Waals surface area contributed by atoms with Crippen molar-refractivity contribution in [1.82, 2.24) is 0 Å². The zero-order valence-electron chi connectivity index (χ0n) is 11.1. The summed E-state index contributed by atoms with van der Waals surface area (Å²) in [7, 11) is 0. The predicted octanol–water partition coefficient (Wildman–Crippen LogP) is 3.29. The summed E-state index contributed by atoms with van der Waals surface area (Å²) in [6, 6.07) is 14.3. The highest BCUT2D eigenvalue weighted by atomic mass is 16.2. The number of para-hydroxylation sites is 1. The minimum absolute atomic E-state index is 0.260. The molecule has 0 saturated heterocycles. The number of carbonyl (C=O) groups is 1. The molecule has 4 heteroatoms. The van der Waals surface area contributed by atoms with Gasteiger partial charge in [0, 0.05) is 17.8 Å². The van der Waals surface area contributed by atoms with Crippen molar-refractivity contribution >= 4 is 23.7 Å². The Morgan fingerprint density at radius 1 is 1.05 bits per heavy atom. The number of hydrogen-bond acceptors (Lipinski definition) is 2. The maximum atomic E-state index is 11.9. The van der Waals surface area contributed by atoms with Crippen molar-refractivity contribution in [1.29, 1.82) is 0 Å². The highest BCUT2D eigenvalue weighted by Gasteiger charge is 2.04. The highest BCUT2D eigenvalue weighted by Crippen LogP contribution is 2.14. The maximum Gasteiger partial charge on any atom is 0.323 e. The molecule has 0 spiro atoms. The van der Waals surface area contributed by atoms with Crippen molar-refractivity contribution in [2.45, 2.75) is 13.3 Å². The van der Waals surface area contributed by atoms with E-state index in [-0.39, 0.29) is 12.5 Å². The quantitative estimate of drug-likeness (QED) is 0.893. The van der Waals surface area contributed by atoms with E-state index in [0.717, 1.165) is 16.8 Å². The minimum atomic E-state index is -0.297. The highest BCUT2D eigenvalue weighted by molar-refractivity contribution is 6.00. The van der Waals surface area contributed by atoms with Gasteiger partial charge < -0.3 is 10.6 Å². The van der Waals surface area contributed by atoms with Gasteiger partial charge in [-0.15, -0.1) is 0 Å². The number of nitrogens with one attached hydrogen (secondary N) is 2. The zero-order chi connectivity index (χ0) is 14.4. The molecule has 0 fully saturated rings. The molecule has 0 aliphatic heterocycles. The van der Waals surface area contributed by atoms with Crippen LogP contribution in [0.3, 0.4) is 0 Å². The third-order valence-corrected chi connectivity index (χ3v) is 2.88. The van der Waals surface area contributed by atoms with Gasteiger partial charge in [0.25, 0.3) is 0 Å². The van der Waals surface area contributed by atoms with Crippen LogP contribution in [0.2, 0.25) is 0 Å². The molecule has 20 heavy (non-hydrogen) atoms. The number of aryl methyl sites for hydroxylation is 1. The van der Waals surface area contributed by atoms with Crippen LogP contribution >= 0.6 is 0 Å². The molecule has 0 bridgehead atoms. The molecule has 1 radical (unpaired) electrons. The Kier molecular flexibility index (Phi) is 4.50. The summed E-state index contributed by atoms with van der Waals surface area (Å²) in [5, 5.41) is 5.52. The van der Waals surface area contributed by atoms with Crippen molar-refractivity contribution in [2.24, 2.45) is 0 Å². The van der Waals surface area contributed by atoms with Crippen molar-refractivity contribution in [2.75, 3.05) is 10.6 Å². The monoisotopic (exact) mass is 267 g/mol. The van der Waals surface area contributed by atoms with Crippen LogP contribution in [0.4, 0.5) is 16.2 Å². The summed E-state index contributed by atoms with van der Waals surface area (Å²) in [6.45, 7) is 1.93. The molecule has 0 aliphatic carbocycles. The lowest BCUT2D eigenvalue weighted by molar-refractivity contribution is 0.262. The Morgan fingerprint density at radius 2 is 1.75 bits per heavy atom. The van der Waals surface area contributed by atoms with E-state index >= 15 is 0 Å². The van der Waals surface area contributed by atoms with Crippen molar-refractivity contribution in [3.8, 4) is 0 Å². The van der Waals surface area contributed by atoms with Gasteiger partial charge >= 0.3 is 6.03 Å². The number of anilines is 2. The average molecular weight is 267 g/mol. The van der Waals surface area contributed by atoms with Crippen LogP contribution in [0.5, 0.6) is 0 Å². The third-order valence-electron chi connectivity index (χ3n) is 2.88. The van der Waals surface area contributed by atoms with Crippen molar-refractivity contribution in [3.63, 3.8) is 0 Å². The summed E-state index contributed by atoms with van der Waals surface area (Å²) in [6.07, 6.45) is 2.09. The van der Waals surface area contributed by atoms with E-state index in [1.54, 1.807) is 24.3 Å². The summed E-state index contributed by atoms with van der Waals surface area (Å²) < 4.78 is 0. The second-order valence-corrected chi connectivity index (χ2v) is 4.41. The Hall–Kier alpha value is -2.62. The van der Waals surface area contributed by atoms with Crippen LogP contribution in [0.15, 0.2) is 48.5 Å². The normalized spacial score (nSPS) is 9.85. The molecule has 0 heterocycles. The molecular formula is C16H15N2O2. The van der Waals surface area contributed by atoms with E-state index in [1.807, 2.05) is 37.5 Å². The average Bonchev–Trinajstić information content (AvgIpc) is 2.44. The first kappa shape index (κ1) is 13.8. The van der Waals surface area contributed by atoms with Gasteiger partial charge in [-0.1, -0.05) is 30.3 Å². The second-order valence-electron chi connectivity index (χ2n) is 4.41. The van der Waals surface area contributed by atoms with Crippen LogP contribution < -0.4 is 10.6 Å². The van der Waals surface area contributed by atoms with Crippen LogP contribution in [0.25, 0.3) is 0 Å². The van der Waals surface area contributed by atoms with E-state index in [0.29, 0.717) is 5.69 Å². The van der Waals surface area contributed by atoms with E-state index in [4.69, 9.17) is 0 Å². The summed E-state index contributed by atoms with van der Waals surface area (Å²) in [5.74, 6) is 0. The fraction of sp³-hybridized carbons (Fsp3) is 0.125. The standard InChI is InChI=1S/C16H15N2O2/c1-12-4-2-3-5-15(12)18-16(20)17-14-8-6-13(7-9-14)10-11-19/h2-9H,10H2,1H3,(H2,17,18,20). The van der Waals surface area contributed by atoms with Gasteiger partial charge in [0.15, 0.2) is 0 Å². The lowest BCUT2D eigenvalue weighted by Gasteiger charge is -2.09. The van der Waals surface area contributed by atoms with Gasteiger partial charge in [-0.3, -0.25) is 4.79 Å². The third kappa shape index (κ3) is 3.68.